The van der Waals surface area contributed by atoms with Crippen molar-refractivity contribution >= 4 is 11.5 Å². The Kier molecular flexibility index (Phi) is 4.78. The largest absolute Gasteiger partial charge is 0.398 e. The lowest BCUT2D eigenvalue weighted by Gasteiger charge is -2.34. The van der Waals surface area contributed by atoms with Crippen molar-refractivity contribution < 1.29 is 4.79 Å². The summed E-state index contributed by atoms with van der Waals surface area (Å²) in [4.78, 5) is 16.8. The molecule has 0 unspecified atom stereocenters. The summed E-state index contributed by atoms with van der Waals surface area (Å²) in [5.74, 6) is 0.151. The molecule has 0 bridgehead atoms. The summed E-state index contributed by atoms with van der Waals surface area (Å²) in [6.07, 6.45) is 2.27. The second-order valence-electron chi connectivity index (χ2n) is 5.94. The van der Waals surface area contributed by atoms with Crippen molar-refractivity contribution in [3.8, 4) is 0 Å². The van der Waals surface area contributed by atoms with Gasteiger partial charge in [0.25, 0.3) is 0 Å². The molecule has 0 aliphatic carbocycles. The highest BCUT2D eigenvalue weighted by molar-refractivity contribution is 5.98. The van der Waals surface area contributed by atoms with Crippen LogP contribution in [0.1, 0.15) is 28.8 Å². The van der Waals surface area contributed by atoms with Gasteiger partial charge in [-0.05, 0) is 58.6 Å². The maximum Gasteiger partial charge on any atom is 0.176 e. The van der Waals surface area contributed by atoms with Crippen LogP contribution >= 0.6 is 0 Å². The molecule has 0 radical (unpaired) electrons. The molecule has 2 rings (SSSR count). The van der Waals surface area contributed by atoms with Gasteiger partial charge in [0.05, 0.1) is 6.54 Å². The Hall–Kier alpha value is -1.39. The van der Waals surface area contributed by atoms with Gasteiger partial charge in [-0.25, -0.2) is 0 Å². The number of hydrogen-bond acceptors (Lipinski definition) is 4. The molecule has 1 heterocycles. The van der Waals surface area contributed by atoms with Crippen LogP contribution in [0, 0.1) is 6.92 Å². The smallest absolute Gasteiger partial charge is 0.176 e. The summed E-state index contributed by atoms with van der Waals surface area (Å²) in [6.45, 7) is 4.65. The molecule has 1 aromatic rings. The van der Waals surface area contributed by atoms with Crippen molar-refractivity contribution in [2.75, 3.05) is 39.5 Å². The molecule has 1 fully saturated rings. The van der Waals surface area contributed by atoms with E-state index in [-0.39, 0.29) is 5.78 Å². The molecule has 2 N–H and O–H groups in total. The second-order valence-corrected chi connectivity index (χ2v) is 5.94. The zero-order valence-corrected chi connectivity index (χ0v) is 12.7. The summed E-state index contributed by atoms with van der Waals surface area (Å²) in [7, 11) is 4.20. The quantitative estimate of drug-likeness (QED) is 0.672. The fourth-order valence-corrected chi connectivity index (χ4v) is 2.70. The summed E-state index contributed by atoms with van der Waals surface area (Å²) in [5, 5.41) is 0. The third-order valence-electron chi connectivity index (χ3n) is 4.31. The van der Waals surface area contributed by atoms with Crippen LogP contribution in [-0.2, 0) is 0 Å². The second kappa shape index (κ2) is 6.37. The summed E-state index contributed by atoms with van der Waals surface area (Å²) in [5.41, 5.74) is 8.30. The molecule has 0 saturated carbocycles. The lowest BCUT2D eigenvalue weighted by Crippen LogP contribution is -2.43. The van der Waals surface area contributed by atoms with Gasteiger partial charge in [0, 0.05) is 17.3 Å². The average Bonchev–Trinajstić information content (AvgIpc) is 2.42. The van der Waals surface area contributed by atoms with Crippen LogP contribution in [-0.4, -0.2) is 55.4 Å². The van der Waals surface area contributed by atoms with Gasteiger partial charge in [-0.15, -0.1) is 0 Å². The number of hydrogen-bond donors (Lipinski definition) is 1. The first-order chi connectivity index (χ1) is 9.47. The molecule has 4 heteroatoms. The number of carbonyl (C=O) groups is 1. The van der Waals surface area contributed by atoms with Crippen molar-refractivity contribution in [3.63, 3.8) is 0 Å². The topological polar surface area (TPSA) is 49.6 Å². The first-order valence-electron chi connectivity index (χ1n) is 7.25. The number of benzene rings is 1. The standard InChI is InChI=1S/C16H25N3O/c1-12-4-5-13(10-15(12)17)16(20)11-19(3)14-6-8-18(2)9-7-14/h4-5,10,14H,6-9,11,17H2,1-3H3. The monoisotopic (exact) mass is 275 g/mol. The lowest BCUT2D eigenvalue weighted by atomic mass is 10.0. The molecule has 1 saturated heterocycles. The average molecular weight is 275 g/mol. The Morgan fingerprint density at radius 2 is 2.05 bits per heavy atom. The number of likely N-dealkylation sites (tertiary alicyclic amines) is 1. The van der Waals surface area contributed by atoms with Crippen LogP contribution in [0.2, 0.25) is 0 Å². The van der Waals surface area contributed by atoms with Gasteiger partial charge in [0.1, 0.15) is 0 Å². The van der Waals surface area contributed by atoms with E-state index in [0.717, 1.165) is 31.5 Å². The van der Waals surface area contributed by atoms with Gasteiger partial charge in [0.2, 0.25) is 0 Å². The minimum Gasteiger partial charge on any atom is -0.398 e. The number of Topliss-reactive ketones (excluding diaryl/α,β-unsaturated/α-hetero) is 1. The number of rotatable bonds is 4. The predicted molar refractivity (Wildman–Crippen MR) is 83.1 cm³/mol. The third-order valence-corrected chi connectivity index (χ3v) is 4.31. The Balaban J connectivity index is 1.95. The van der Waals surface area contributed by atoms with Gasteiger partial charge in [0.15, 0.2) is 5.78 Å². The molecule has 20 heavy (non-hydrogen) atoms. The van der Waals surface area contributed by atoms with Crippen molar-refractivity contribution in [2.45, 2.75) is 25.8 Å². The van der Waals surface area contributed by atoms with E-state index in [1.165, 1.54) is 0 Å². The SMILES string of the molecule is Cc1ccc(C(=O)CN(C)C2CCN(C)CC2)cc1N. The maximum absolute atomic E-state index is 12.3. The number of carbonyl (C=O) groups excluding carboxylic acids is 1. The van der Waals surface area contributed by atoms with Crippen LogP contribution in [0.15, 0.2) is 18.2 Å². The molecule has 1 aliphatic rings. The third kappa shape index (κ3) is 3.58. The van der Waals surface area contributed by atoms with Gasteiger partial charge in [-0.2, -0.15) is 0 Å². The fourth-order valence-electron chi connectivity index (χ4n) is 2.70. The molecule has 4 nitrogen and oxygen atoms in total. The number of likely N-dealkylation sites (N-methyl/N-ethyl adjacent to an activating group) is 1. The molecular formula is C16H25N3O. The number of anilines is 1. The van der Waals surface area contributed by atoms with E-state index in [9.17, 15) is 4.79 Å². The summed E-state index contributed by atoms with van der Waals surface area (Å²) >= 11 is 0. The van der Waals surface area contributed by atoms with Gasteiger partial charge in [-0.1, -0.05) is 12.1 Å². The van der Waals surface area contributed by atoms with E-state index in [4.69, 9.17) is 5.73 Å². The Labute approximate surface area is 121 Å². The zero-order valence-electron chi connectivity index (χ0n) is 12.7. The highest BCUT2D eigenvalue weighted by Gasteiger charge is 2.22. The van der Waals surface area contributed by atoms with Crippen LogP contribution in [0.5, 0.6) is 0 Å². The number of ketones is 1. The molecule has 0 atom stereocenters. The number of nitrogen functional groups attached to an aromatic ring is 1. The van der Waals surface area contributed by atoms with E-state index < -0.39 is 0 Å². The van der Waals surface area contributed by atoms with E-state index in [2.05, 4.69) is 16.8 Å². The molecule has 1 aromatic carbocycles. The highest BCUT2D eigenvalue weighted by Crippen LogP contribution is 2.17. The minimum absolute atomic E-state index is 0.151. The molecule has 0 amide bonds. The molecule has 0 spiro atoms. The van der Waals surface area contributed by atoms with Crippen LogP contribution in [0.25, 0.3) is 0 Å². The Morgan fingerprint density at radius 3 is 2.65 bits per heavy atom. The van der Waals surface area contributed by atoms with E-state index in [1.807, 2.05) is 26.1 Å². The first-order valence-corrected chi connectivity index (χ1v) is 7.25. The highest BCUT2D eigenvalue weighted by atomic mass is 16.1. The van der Waals surface area contributed by atoms with Crippen molar-refractivity contribution in [3.05, 3.63) is 29.3 Å². The van der Waals surface area contributed by atoms with Crippen LogP contribution in [0.4, 0.5) is 5.69 Å². The van der Waals surface area contributed by atoms with E-state index >= 15 is 0 Å². The van der Waals surface area contributed by atoms with Gasteiger partial charge in [-0.3, -0.25) is 9.69 Å². The van der Waals surface area contributed by atoms with E-state index in [1.54, 1.807) is 6.07 Å². The van der Waals surface area contributed by atoms with Crippen LogP contribution < -0.4 is 5.73 Å². The maximum atomic E-state index is 12.3. The van der Waals surface area contributed by atoms with Crippen molar-refractivity contribution in [1.29, 1.82) is 0 Å². The van der Waals surface area contributed by atoms with Crippen LogP contribution in [0.3, 0.4) is 0 Å². The number of nitrogens with zero attached hydrogens (tertiary/aromatic N) is 2. The fraction of sp³-hybridized carbons (Fsp3) is 0.562. The normalized spacial score (nSPS) is 17.6. The Bertz CT molecular complexity index is 479. The molecule has 1 aliphatic heterocycles. The van der Waals surface area contributed by atoms with E-state index in [0.29, 0.717) is 23.8 Å². The first kappa shape index (κ1) is 15.0. The lowest BCUT2D eigenvalue weighted by molar-refractivity contribution is 0.0871. The summed E-state index contributed by atoms with van der Waals surface area (Å²) < 4.78 is 0. The molecule has 0 aromatic heterocycles. The van der Waals surface area contributed by atoms with Crippen molar-refractivity contribution in [1.82, 2.24) is 9.80 Å². The zero-order chi connectivity index (χ0) is 14.7. The molecular weight excluding hydrogens is 250 g/mol. The summed E-state index contributed by atoms with van der Waals surface area (Å²) in [6, 6.07) is 6.09. The number of aryl methyl sites for hydroxylation is 1. The van der Waals surface area contributed by atoms with Crippen molar-refractivity contribution in [2.24, 2.45) is 0 Å². The molecule has 110 valence electrons. The minimum atomic E-state index is 0.151. The number of nitrogens with two attached hydrogens (primary N) is 1. The van der Waals surface area contributed by atoms with Gasteiger partial charge >= 0.3 is 0 Å². The number of piperidine rings is 1. The Morgan fingerprint density at radius 1 is 1.40 bits per heavy atom. The predicted octanol–water partition coefficient (Wildman–Crippen LogP) is 1.79. The van der Waals surface area contributed by atoms with Gasteiger partial charge < -0.3 is 10.6 Å².